The molecule has 9 heteroatoms. The van der Waals surface area contributed by atoms with Crippen LogP contribution in [0.25, 0.3) is 0 Å². The van der Waals surface area contributed by atoms with Crippen molar-refractivity contribution >= 4 is 44.2 Å². The Balaban J connectivity index is 3.48. The molecule has 0 bridgehead atoms. The molecule has 0 spiro atoms. The van der Waals surface area contributed by atoms with Crippen LogP contribution in [0.2, 0.25) is 5.02 Å². The minimum Gasteiger partial charge on any atom is -0.239 e. The third kappa shape index (κ3) is 2.95. The molecule has 0 fully saturated rings. The van der Waals surface area contributed by atoms with Crippen LogP contribution in [0.4, 0.5) is 8.78 Å². The Morgan fingerprint density at radius 1 is 1.53 bits per heavy atom. The fraction of sp³-hybridized carbons (Fsp3) is 0.167. The molecule has 0 aliphatic heterocycles. The van der Waals surface area contributed by atoms with E-state index in [1.54, 1.807) is 0 Å². The Hall–Kier alpha value is -0.0600. The molecule has 1 rings (SSSR count). The van der Waals surface area contributed by atoms with Gasteiger partial charge in [0.1, 0.15) is 14.3 Å². The maximum Gasteiger partial charge on any atom is 0.280 e. The summed E-state index contributed by atoms with van der Waals surface area (Å²) in [5.41, 5.74) is -0.586. The molecule has 0 unspecified atom stereocenters. The zero-order chi connectivity index (χ0) is 11.8. The standard InChI is InChI=1S/C6H4ClF2IN2O2S/c7-2-1-3(5(8)9)12-6(10)4(2)15(11,13)14/h1,5H,(H2,11,13,14). The van der Waals surface area contributed by atoms with Crippen LogP contribution in [0.5, 0.6) is 0 Å². The van der Waals surface area contributed by atoms with Gasteiger partial charge in [-0.3, -0.25) is 0 Å². The van der Waals surface area contributed by atoms with Crippen LogP contribution < -0.4 is 5.14 Å². The third-order valence-electron chi connectivity index (χ3n) is 1.41. The summed E-state index contributed by atoms with van der Waals surface area (Å²) in [6.07, 6.45) is -2.81. The SMILES string of the molecule is NS(=O)(=O)c1c(Cl)cc(C(F)F)nc1I. The van der Waals surface area contributed by atoms with Crippen molar-refractivity contribution in [3.8, 4) is 0 Å². The van der Waals surface area contributed by atoms with Crippen molar-refractivity contribution in [2.75, 3.05) is 0 Å². The Morgan fingerprint density at radius 2 is 2.07 bits per heavy atom. The number of pyridine rings is 1. The molecule has 1 aromatic heterocycles. The summed E-state index contributed by atoms with van der Waals surface area (Å²) in [5, 5.41) is 4.49. The van der Waals surface area contributed by atoms with Crippen LogP contribution in [0.1, 0.15) is 12.1 Å². The van der Waals surface area contributed by atoms with Gasteiger partial charge in [-0.2, -0.15) is 0 Å². The highest BCUT2D eigenvalue weighted by molar-refractivity contribution is 14.1. The lowest BCUT2D eigenvalue weighted by atomic mass is 10.4. The highest BCUT2D eigenvalue weighted by Crippen LogP contribution is 2.28. The maximum atomic E-state index is 12.3. The van der Waals surface area contributed by atoms with E-state index >= 15 is 0 Å². The normalized spacial score (nSPS) is 12.1. The number of hydrogen-bond donors (Lipinski definition) is 1. The summed E-state index contributed by atoms with van der Waals surface area (Å²) in [4.78, 5) is 2.96. The van der Waals surface area contributed by atoms with E-state index in [4.69, 9.17) is 16.7 Å². The van der Waals surface area contributed by atoms with Crippen molar-refractivity contribution in [3.63, 3.8) is 0 Å². The lowest BCUT2D eigenvalue weighted by Crippen LogP contribution is -2.15. The number of rotatable bonds is 2. The lowest BCUT2D eigenvalue weighted by molar-refractivity contribution is 0.145. The minimum absolute atomic E-state index is 0.169. The van der Waals surface area contributed by atoms with Crippen LogP contribution in [0, 0.1) is 3.70 Å². The number of nitrogens with zero attached hydrogens (tertiary/aromatic N) is 1. The van der Waals surface area contributed by atoms with E-state index in [-0.39, 0.29) is 8.72 Å². The molecule has 1 heterocycles. The summed E-state index contributed by atoms with van der Waals surface area (Å²) in [5.74, 6) is 0. The molecule has 2 N–H and O–H groups in total. The van der Waals surface area contributed by atoms with E-state index in [0.717, 1.165) is 6.07 Å². The average Bonchev–Trinajstić information content (AvgIpc) is 1.99. The van der Waals surface area contributed by atoms with Gasteiger partial charge < -0.3 is 0 Å². The van der Waals surface area contributed by atoms with Gasteiger partial charge in [0, 0.05) is 0 Å². The zero-order valence-corrected chi connectivity index (χ0v) is 10.6. The van der Waals surface area contributed by atoms with Gasteiger partial charge in [0.15, 0.2) is 0 Å². The van der Waals surface area contributed by atoms with Gasteiger partial charge in [-0.1, -0.05) is 11.6 Å². The first kappa shape index (κ1) is 13.0. The molecule has 0 aliphatic carbocycles. The summed E-state index contributed by atoms with van der Waals surface area (Å²) < 4.78 is 46.4. The number of halogens is 4. The van der Waals surface area contributed by atoms with Crippen molar-refractivity contribution in [1.29, 1.82) is 0 Å². The second-order valence-corrected chi connectivity index (χ2v) is 5.42. The van der Waals surface area contributed by atoms with Gasteiger partial charge in [-0.15, -0.1) is 0 Å². The number of hydrogen-bond acceptors (Lipinski definition) is 3. The van der Waals surface area contributed by atoms with E-state index in [0.29, 0.717) is 0 Å². The van der Waals surface area contributed by atoms with E-state index in [2.05, 4.69) is 4.98 Å². The van der Waals surface area contributed by atoms with Crippen molar-refractivity contribution < 1.29 is 17.2 Å². The maximum absolute atomic E-state index is 12.3. The molecule has 1 aromatic rings. The number of primary sulfonamides is 1. The second-order valence-electron chi connectivity index (χ2n) is 2.49. The summed E-state index contributed by atoms with van der Waals surface area (Å²) >= 11 is 7.01. The fourth-order valence-electron chi connectivity index (χ4n) is 0.855. The van der Waals surface area contributed by atoms with Crippen LogP contribution in [0.15, 0.2) is 11.0 Å². The zero-order valence-electron chi connectivity index (χ0n) is 6.92. The van der Waals surface area contributed by atoms with Gasteiger partial charge in [-0.05, 0) is 28.7 Å². The molecule has 0 radical (unpaired) electrons. The number of aromatic nitrogens is 1. The van der Waals surface area contributed by atoms with Crippen LogP contribution in [-0.4, -0.2) is 13.4 Å². The highest BCUT2D eigenvalue weighted by Gasteiger charge is 2.22. The summed E-state index contributed by atoms with van der Waals surface area (Å²) in [6.45, 7) is 0. The van der Waals surface area contributed by atoms with E-state index in [1.807, 2.05) is 0 Å². The summed E-state index contributed by atoms with van der Waals surface area (Å²) in [7, 11) is -4.05. The van der Waals surface area contributed by atoms with Crippen molar-refractivity contribution in [1.82, 2.24) is 4.98 Å². The molecule has 0 saturated carbocycles. The Bertz CT molecular complexity index is 471. The van der Waals surface area contributed by atoms with Crippen LogP contribution >= 0.6 is 34.2 Å². The van der Waals surface area contributed by atoms with Gasteiger partial charge in [0.25, 0.3) is 6.43 Å². The molecule has 0 atom stereocenters. The predicted octanol–water partition coefficient (Wildman–Crippen LogP) is 1.92. The first-order valence-corrected chi connectivity index (χ1v) is 6.40. The largest absolute Gasteiger partial charge is 0.280 e. The van der Waals surface area contributed by atoms with Crippen LogP contribution in [-0.2, 0) is 10.0 Å². The molecule has 84 valence electrons. The van der Waals surface area contributed by atoms with Gasteiger partial charge in [-0.25, -0.2) is 27.3 Å². The lowest BCUT2D eigenvalue weighted by Gasteiger charge is -2.06. The molecule has 15 heavy (non-hydrogen) atoms. The molecule has 0 aromatic carbocycles. The third-order valence-corrected chi connectivity index (χ3v) is 3.95. The quantitative estimate of drug-likeness (QED) is 0.640. The van der Waals surface area contributed by atoms with E-state index in [9.17, 15) is 17.2 Å². The topological polar surface area (TPSA) is 73.1 Å². The monoisotopic (exact) mass is 368 g/mol. The van der Waals surface area contributed by atoms with E-state index in [1.165, 1.54) is 22.6 Å². The van der Waals surface area contributed by atoms with Gasteiger partial charge in [0.2, 0.25) is 10.0 Å². The number of sulfonamides is 1. The molecule has 0 aliphatic rings. The number of alkyl halides is 2. The van der Waals surface area contributed by atoms with Crippen LogP contribution in [0.3, 0.4) is 0 Å². The van der Waals surface area contributed by atoms with Crippen molar-refractivity contribution in [2.45, 2.75) is 11.3 Å². The predicted molar refractivity (Wildman–Crippen MR) is 58.3 cm³/mol. The highest BCUT2D eigenvalue weighted by atomic mass is 127. The molecular formula is C6H4ClF2IN2O2S. The Morgan fingerprint density at radius 3 is 2.40 bits per heavy atom. The first-order valence-electron chi connectivity index (χ1n) is 3.40. The average molecular weight is 369 g/mol. The first-order chi connectivity index (χ1) is 6.73. The van der Waals surface area contributed by atoms with Gasteiger partial charge in [0.05, 0.1) is 5.02 Å². The molecule has 0 saturated heterocycles. The fourth-order valence-corrected chi connectivity index (χ4v) is 3.64. The van der Waals surface area contributed by atoms with Gasteiger partial charge >= 0.3 is 0 Å². The molecular weight excluding hydrogens is 364 g/mol. The minimum atomic E-state index is -4.05. The second kappa shape index (κ2) is 4.44. The Kier molecular flexibility index (Phi) is 3.85. The molecule has 0 amide bonds. The number of nitrogens with two attached hydrogens (primary N) is 1. The smallest absolute Gasteiger partial charge is 0.239 e. The van der Waals surface area contributed by atoms with Crippen molar-refractivity contribution in [3.05, 3.63) is 20.5 Å². The summed E-state index contributed by atoms with van der Waals surface area (Å²) in [6, 6.07) is 0.786. The van der Waals surface area contributed by atoms with E-state index < -0.39 is 27.0 Å². The molecule has 4 nitrogen and oxygen atoms in total. The Labute approximate surface area is 103 Å². The van der Waals surface area contributed by atoms with Crippen molar-refractivity contribution in [2.24, 2.45) is 5.14 Å².